The lowest BCUT2D eigenvalue weighted by molar-refractivity contribution is 1.53. The first kappa shape index (κ1) is 10.7. The van der Waals surface area contributed by atoms with Gasteiger partial charge in [-0.05, 0) is 25.0 Å². The van der Waals surface area contributed by atoms with Gasteiger partial charge < -0.3 is 0 Å². The Kier molecular flexibility index (Phi) is 5.72. The average molecular weight is 160 g/mol. The number of hydrogen-bond donors (Lipinski definition) is 0. The van der Waals surface area contributed by atoms with Gasteiger partial charge in [0.25, 0.3) is 0 Å². The second kappa shape index (κ2) is 6.41. The molecule has 0 saturated carbocycles. The minimum Gasteiger partial charge on any atom is -0.0990 e. The molecular weight excluding hydrogens is 144 g/mol. The zero-order valence-corrected chi connectivity index (χ0v) is 7.88. The second-order valence-corrected chi connectivity index (χ2v) is 2.38. The quantitative estimate of drug-likeness (QED) is 0.549. The standard InChI is InChI=1S/C12H16/c1-5-8-11(4)12(9-6-2)10-7-3/h5-10H,2,4H2,1,3H3/b8-5-,10-7-,12-9+. The zero-order valence-electron chi connectivity index (χ0n) is 7.88. The fraction of sp³-hybridized carbons (Fsp3) is 0.167. The molecule has 0 nitrogen and oxygen atoms in total. The molecule has 0 N–H and O–H groups in total. The van der Waals surface area contributed by atoms with Crippen LogP contribution in [0.4, 0.5) is 0 Å². The molecule has 0 amide bonds. The van der Waals surface area contributed by atoms with E-state index in [0.717, 1.165) is 11.1 Å². The molecule has 0 aliphatic carbocycles. The van der Waals surface area contributed by atoms with Gasteiger partial charge in [0.15, 0.2) is 0 Å². The third-order valence-electron chi connectivity index (χ3n) is 1.38. The van der Waals surface area contributed by atoms with Crippen molar-refractivity contribution in [2.45, 2.75) is 13.8 Å². The van der Waals surface area contributed by atoms with E-state index in [1.165, 1.54) is 0 Å². The smallest absolute Gasteiger partial charge is 0.0194 e. The van der Waals surface area contributed by atoms with Crippen molar-refractivity contribution < 1.29 is 0 Å². The highest BCUT2D eigenvalue weighted by atomic mass is 14.0. The van der Waals surface area contributed by atoms with E-state index in [1.54, 1.807) is 6.08 Å². The topological polar surface area (TPSA) is 0 Å². The molecule has 0 radical (unpaired) electrons. The van der Waals surface area contributed by atoms with Crippen LogP contribution in [-0.4, -0.2) is 0 Å². The highest BCUT2D eigenvalue weighted by Crippen LogP contribution is 2.10. The van der Waals surface area contributed by atoms with Crippen LogP contribution < -0.4 is 0 Å². The van der Waals surface area contributed by atoms with Gasteiger partial charge in [0.2, 0.25) is 0 Å². The van der Waals surface area contributed by atoms with E-state index in [1.807, 2.05) is 44.2 Å². The molecule has 0 aromatic carbocycles. The fourth-order valence-corrected chi connectivity index (χ4v) is 0.874. The lowest BCUT2D eigenvalue weighted by Gasteiger charge is -1.98. The summed E-state index contributed by atoms with van der Waals surface area (Å²) in [6.45, 7) is 11.5. The maximum atomic E-state index is 3.93. The van der Waals surface area contributed by atoms with E-state index in [0.29, 0.717) is 0 Å². The molecule has 0 aromatic rings. The Morgan fingerprint density at radius 1 is 1.08 bits per heavy atom. The average Bonchev–Trinajstić information content (AvgIpc) is 2.04. The fourth-order valence-electron chi connectivity index (χ4n) is 0.874. The molecule has 0 bridgehead atoms. The summed E-state index contributed by atoms with van der Waals surface area (Å²) in [5, 5.41) is 0. The minimum atomic E-state index is 1.01. The van der Waals surface area contributed by atoms with Crippen molar-refractivity contribution in [2.75, 3.05) is 0 Å². The molecule has 0 heterocycles. The van der Waals surface area contributed by atoms with Gasteiger partial charge in [-0.1, -0.05) is 49.6 Å². The van der Waals surface area contributed by atoms with Crippen LogP contribution in [-0.2, 0) is 0 Å². The van der Waals surface area contributed by atoms with E-state index in [2.05, 4.69) is 13.2 Å². The zero-order chi connectivity index (χ0) is 9.40. The van der Waals surface area contributed by atoms with Crippen LogP contribution in [0.5, 0.6) is 0 Å². The summed E-state index contributed by atoms with van der Waals surface area (Å²) in [4.78, 5) is 0. The summed E-state index contributed by atoms with van der Waals surface area (Å²) in [7, 11) is 0. The highest BCUT2D eigenvalue weighted by molar-refractivity contribution is 5.45. The maximum absolute atomic E-state index is 3.93. The first-order valence-electron chi connectivity index (χ1n) is 4.03. The SMILES string of the molecule is C=C/C=C(\C=C/C)C(=C)/C=C\C. The first-order chi connectivity index (χ1) is 5.76. The van der Waals surface area contributed by atoms with Gasteiger partial charge in [0.05, 0.1) is 0 Å². The Bertz CT molecular complexity index is 237. The van der Waals surface area contributed by atoms with Gasteiger partial charge in [-0.2, -0.15) is 0 Å². The molecule has 0 aliphatic rings. The lowest BCUT2D eigenvalue weighted by atomic mass is 10.1. The third-order valence-corrected chi connectivity index (χ3v) is 1.38. The van der Waals surface area contributed by atoms with Crippen molar-refractivity contribution in [3.05, 3.63) is 60.8 Å². The van der Waals surface area contributed by atoms with E-state index in [4.69, 9.17) is 0 Å². The van der Waals surface area contributed by atoms with Crippen molar-refractivity contribution in [2.24, 2.45) is 0 Å². The normalized spacial score (nSPS) is 12.7. The predicted molar refractivity (Wildman–Crippen MR) is 57.0 cm³/mol. The first-order valence-corrected chi connectivity index (χ1v) is 4.03. The Hall–Kier alpha value is -1.30. The molecule has 0 heteroatoms. The Morgan fingerprint density at radius 2 is 1.67 bits per heavy atom. The molecular formula is C12H16. The van der Waals surface area contributed by atoms with Crippen molar-refractivity contribution in [3.63, 3.8) is 0 Å². The molecule has 0 fully saturated rings. The van der Waals surface area contributed by atoms with Crippen LogP contribution in [0.25, 0.3) is 0 Å². The van der Waals surface area contributed by atoms with Gasteiger partial charge in [-0.15, -0.1) is 0 Å². The largest absolute Gasteiger partial charge is 0.0990 e. The monoisotopic (exact) mass is 160 g/mol. The number of rotatable bonds is 4. The van der Waals surface area contributed by atoms with Gasteiger partial charge in [-0.25, -0.2) is 0 Å². The summed E-state index contributed by atoms with van der Waals surface area (Å²) >= 11 is 0. The minimum absolute atomic E-state index is 1.01. The van der Waals surface area contributed by atoms with E-state index in [-0.39, 0.29) is 0 Å². The van der Waals surface area contributed by atoms with Crippen LogP contribution in [0.3, 0.4) is 0 Å². The predicted octanol–water partition coefficient (Wildman–Crippen LogP) is 3.81. The van der Waals surface area contributed by atoms with Crippen LogP contribution >= 0.6 is 0 Å². The summed E-state index contributed by atoms with van der Waals surface area (Å²) in [5.41, 5.74) is 2.11. The molecule has 0 unspecified atom stereocenters. The maximum Gasteiger partial charge on any atom is -0.0194 e. The molecule has 0 saturated heterocycles. The second-order valence-electron chi connectivity index (χ2n) is 2.38. The molecule has 64 valence electrons. The molecule has 12 heavy (non-hydrogen) atoms. The highest BCUT2D eigenvalue weighted by Gasteiger charge is 1.91. The van der Waals surface area contributed by atoms with Crippen LogP contribution in [0.1, 0.15) is 13.8 Å². The van der Waals surface area contributed by atoms with Crippen molar-refractivity contribution in [1.29, 1.82) is 0 Å². The summed E-state index contributed by atoms with van der Waals surface area (Å²) < 4.78 is 0. The summed E-state index contributed by atoms with van der Waals surface area (Å²) in [6, 6.07) is 0. The van der Waals surface area contributed by atoms with E-state index in [9.17, 15) is 0 Å². The molecule has 0 rings (SSSR count). The Labute approximate surface area is 75.3 Å². The van der Waals surface area contributed by atoms with Crippen LogP contribution in [0, 0.1) is 0 Å². The number of allylic oxidation sites excluding steroid dienone is 8. The van der Waals surface area contributed by atoms with Crippen molar-refractivity contribution in [1.82, 2.24) is 0 Å². The van der Waals surface area contributed by atoms with E-state index >= 15 is 0 Å². The van der Waals surface area contributed by atoms with E-state index < -0.39 is 0 Å². The van der Waals surface area contributed by atoms with Crippen molar-refractivity contribution >= 4 is 0 Å². The molecule has 0 aromatic heterocycles. The Balaban J connectivity index is 4.62. The summed E-state index contributed by atoms with van der Waals surface area (Å²) in [5.74, 6) is 0. The molecule has 0 aliphatic heterocycles. The van der Waals surface area contributed by atoms with Crippen molar-refractivity contribution in [3.8, 4) is 0 Å². The molecule has 0 atom stereocenters. The number of hydrogen-bond acceptors (Lipinski definition) is 0. The van der Waals surface area contributed by atoms with Gasteiger partial charge in [0.1, 0.15) is 0 Å². The van der Waals surface area contributed by atoms with Gasteiger partial charge >= 0.3 is 0 Å². The van der Waals surface area contributed by atoms with Crippen LogP contribution in [0.2, 0.25) is 0 Å². The Morgan fingerprint density at radius 3 is 2.08 bits per heavy atom. The molecule has 0 spiro atoms. The van der Waals surface area contributed by atoms with Gasteiger partial charge in [0, 0.05) is 0 Å². The summed E-state index contributed by atoms with van der Waals surface area (Å²) in [6.07, 6.45) is 11.7. The van der Waals surface area contributed by atoms with Gasteiger partial charge in [-0.3, -0.25) is 0 Å². The third kappa shape index (κ3) is 3.77. The lowest BCUT2D eigenvalue weighted by Crippen LogP contribution is -1.79. The van der Waals surface area contributed by atoms with Crippen LogP contribution in [0.15, 0.2) is 60.8 Å².